The van der Waals surface area contributed by atoms with Crippen LogP contribution >= 0.6 is 0 Å². The van der Waals surface area contributed by atoms with Crippen LogP contribution in [0.2, 0.25) is 0 Å². The van der Waals surface area contributed by atoms with Gasteiger partial charge < -0.3 is 4.90 Å². The molecule has 6 nitrogen and oxygen atoms in total. The van der Waals surface area contributed by atoms with Gasteiger partial charge in [0.1, 0.15) is 25.4 Å². The van der Waals surface area contributed by atoms with E-state index >= 15 is 0 Å². The summed E-state index contributed by atoms with van der Waals surface area (Å²) in [5.41, 5.74) is 0.694. The Morgan fingerprint density at radius 2 is 2.19 bits per heavy atom. The zero-order valence-corrected chi connectivity index (χ0v) is 16.7. The molecule has 1 aliphatic heterocycles. The van der Waals surface area contributed by atoms with Gasteiger partial charge in [0, 0.05) is 35.7 Å². The first-order chi connectivity index (χ1) is 12.7. The van der Waals surface area contributed by atoms with Gasteiger partial charge in [0.25, 0.3) is 0 Å². The van der Waals surface area contributed by atoms with E-state index < -0.39 is 6.17 Å². The molecule has 27 heavy (non-hydrogen) atoms. The zero-order valence-electron chi connectivity index (χ0n) is 16.7. The Labute approximate surface area is 160 Å². The molecule has 0 bridgehead atoms. The largest absolute Gasteiger partial charge is 0.335 e. The number of allylic oxidation sites excluding steroid dienone is 1. The van der Waals surface area contributed by atoms with Gasteiger partial charge in [-0.1, -0.05) is 27.4 Å². The lowest BCUT2D eigenvalue weighted by Crippen LogP contribution is -2.38. The van der Waals surface area contributed by atoms with Gasteiger partial charge >= 0.3 is 0 Å². The molecule has 0 N–H and O–H groups in total. The molecule has 2 fully saturated rings. The van der Waals surface area contributed by atoms with Gasteiger partial charge in [0.2, 0.25) is 5.91 Å². The first-order valence-corrected chi connectivity index (χ1v) is 9.64. The standard InChI is InChI=1S/C20H30FN5O/c1-14-8-16(21)10-25(14)18(27)9-22-11-20(5)7-6-17(19(20,3)4)15(2)26-13-23-12-24-26/h11-14,16-17H,2,6-10H2,1,3-5H3/b22-11-/t14?,16?,17-,20+/m0/s1. The SMILES string of the molecule is C=C([C@@H]1CC[C@](C)(/C=N\CC(=O)N2CC(F)CC2C)C1(C)C)n1cncn1. The minimum absolute atomic E-state index is 0.0448. The molecule has 0 radical (unpaired) electrons. The number of likely N-dealkylation sites (tertiary alicyclic amines) is 1. The lowest BCUT2D eigenvalue weighted by atomic mass is 9.66. The summed E-state index contributed by atoms with van der Waals surface area (Å²) in [6.07, 6.45) is 6.58. The maximum atomic E-state index is 13.5. The average molecular weight is 375 g/mol. The highest BCUT2D eigenvalue weighted by atomic mass is 19.1. The highest BCUT2D eigenvalue weighted by molar-refractivity contribution is 5.81. The highest BCUT2D eigenvalue weighted by Crippen LogP contribution is 2.57. The van der Waals surface area contributed by atoms with Crippen molar-refractivity contribution in [2.75, 3.05) is 13.1 Å². The predicted octanol–water partition coefficient (Wildman–Crippen LogP) is 3.22. The van der Waals surface area contributed by atoms with Crippen molar-refractivity contribution in [3.05, 3.63) is 19.2 Å². The summed E-state index contributed by atoms with van der Waals surface area (Å²) in [5.74, 6) is 0.152. The summed E-state index contributed by atoms with van der Waals surface area (Å²) in [6.45, 7) is 13.0. The van der Waals surface area contributed by atoms with Gasteiger partial charge in [-0.25, -0.2) is 14.1 Å². The molecule has 1 aromatic heterocycles. The van der Waals surface area contributed by atoms with Crippen LogP contribution in [-0.2, 0) is 4.79 Å². The predicted molar refractivity (Wildman–Crippen MR) is 104 cm³/mol. The number of amides is 1. The number of aromatic nitrogens is 3. The third-order valence-electron chi connectivity index (χ3n) is 6.86. The number of halogens is 1. The van der Waals surface area contributed by atoms with Gasteiger partial charge in [-0.3, -0.25) is 9.79 Å². The molecule has 2 aliphatic rings. The normalized spacial score (nSPS) is 33.1. The fourth-order valence-electron chi connectivity index (χ4n) is 4.58. The first-order valence-electron chi connectivity index (χ1n) is 9.64. The molecule has 1 aliphatic carbocycles. The molecule has 2 unspecified atom stereocenters. The Bertz CT molecular complexity index is 729. The quantitative estimate of drug-likeness (QED) is 0.742. The van der Waals surface area contributed by atoms with Crippen molar-refractivity contribution in [1.82, 2.24) is 19.7 Å². The molecule has 1 saturated heterocycles. The second-order valence-electron chi connectivity index (χ2n) is 8.76. The van der Waals surface area contributed by atoms with Crippen molar-refractivity contribution in [3.8, 4) is 0 Å². The molecule has 4 atom stereocenters. The molecule has 7 heteroatoms. The Balaban J connectivity index is 1.66. The Hall–Kier alpha value is -2.05. The molecule has 3 rings (SSSR count). The van der Waals surface area contributed by atoms with Crippen LogP contribution in [0.5, 0.6) is 0 Å². The van der Waals surface area contributed by atoms with Gasteiger partial charge in [0.15, 0.2) is 0 Å². The minimum Gasteiger partial charge on any atom is -0.335 e. The molecule has 2 heterocycles. The number of rotatable bonds is 5. The van der Waals surface area contributed by atoms with Crippen LogP contribution in [0.3, 0.4) is 0 Å². The summed E-state index contributed by atoms with van der Waals surface area (Å²) in [4.78, 5) is 22.5. The summed E-state index contributed by atoms with van der Waals surface area (Å²) in [7, 11) is 0. The van der Waals surface area contributed by atoms with Crippen molar-refractivity contribution in [1.29, 1.82) is 0 Å². The smallest absolute Gasteiger partial charge is 0.244 e. The fourth-order valence-corrected chi connectivity index (χ4v) is 4.58. The number of alkyl halides is 1. The molecule has 1 aromatic rings. The van der Waals surface area contributed by atoms with E-state index in [1.807, 2.05) is 13.1 Å². The summed E-state index contributed by atoms with van der Waals surface area (Å²) in [6, 6.07) is -0.0448. The summed E-state index contributed by atoms with van der Waals surface area (Å²) < 4.78 is 15.2. The number of hydrogen-bond acceptors (Lipinski definition) is 4. The topological polar surface area (TPSA) is 63.4 Å². The van der Waals surface area contributed by atoms with Crippen LogP contribution in [0.4, 0.5) is 4.39 Å². The lowest BCUT2D eigenvalue weighted by Gasteiger charge is -2.39. The maximum Gasteiger partial charge on any atom is 0.244 e. The van der Waals surface area contributed by atoms with Crippen molar-refractivity contribution in [3.63, 3.8) is 0 Å². The van der Waals surface area contributed by atoms with E-state index in [-0.39, 0.29) is 41.8 Å². The van der Waals surface area contributed by atoms with E-state index in [9.17, 15) is 9.18 Å². The van der Waals surface area contributed by atoms with Gasteiger partial charge in [-0.2, -0.15) is 5.10 Å². The second-order valence-corrected chi connectivity index (χ2v) is 8.76. The van der Waals surface area contributed by atoms with Gasteiger partial charge in [-0.05, 0) is 25.2 Å². The monoisotopic (exact) mass is 375 g/mol. The number of carbonyl (C=O) groups excluding carboxylic acids is 1. The van der Waals surface area contributed by atoms with E-state index in [1.165, 1.54) is 6.33 Å². The fraction of sp³-hybridized carbons (Fsp3) is 0.700. The van der Waals surface area contributed by atoms with Gasteiger partial charge in [-0.15, -0.1) is 0 Å². The van der Waals surface area contributed by atoms with E-state index in [1.54, 1.807) is 15.9 Å². The maximum absolute atomic E-state index is 13.5. The number of nitrogens with zero attached hydrogens (tertiary/aromatic N) is 5. The number of aliphatic imine (C=N–C) groups is 1. The van der Waals surface area contributed by atoms with E-state index in [0.29, 0.717) is 6.42 Å². The van der Waals surface area contributed by atoms with Crippen LogP contribution < -0.4 is 0 Å². The van der Waals surface area contributed by atoms with Crippen LogP contribution in [0.1, 0.15) is 47.0 Å². The van der Waals surface area contributed by atoms with Crippen molar-refractivity contribution >= 4 is 17.8 Å². The molecule has 148 valence electrons. The Kier molecular flexibility index (Phi) is 5.23. The Morgan fingerprint density at radius 3 is 2.78 bits per heavy atom. The van der Waals surface area contributed by atoms with Crippen molar-refractivity contribution in [2.24, 2.45) is 21.7 Å². The summed E-state index contributed by atoms with van der Waals surface area (Å²) >= 11 is 0. The van der Waals surface area contributed by atoms with Crippen molar-refractivity contribution < 1.29 is 9.18 Å². The Morgan fingerprint density at radius 1 is 1.44 bits per heavy atom. The number of carbonyl (C=O) groups is 1. The summed E-state index contributed by atoms with van der Waals surface area (Å²) in [5, 5.41) is 4.21. The molecule has 1 saturated carbocycles. The zero-order chi connectivity index (χ0) is 19.8. The van der Waals surface area contributed by atoms with E-state index in [2.05, 4.69) is 42.4 Å². The van der Waals surface area contributed by atoms with E-state index in [4.69, 9.17) is 0 Å². The number of hydrogen-bond donors (Lipinski definition) is 0. The first kappa shape index (κ1) is 19.7. The molecule has 0 aromatic carbocycles. The average Bonchev–Trinajstić information content (AvgIpc) is 3.28. The second kappa shape index (κ2) is 7.17. The lowest BCUT2D eigenvalue weighted by molar-refractivity contribution is -0.130. The van der Waals surface area contributed by atoms with Crippen LogP contribution in [0.15, 0.2) is 24.2 Å². The van der Waals surface area contributed by atoms with Crippen LogP contribution in [-0.4, -0.2) is 57.1 Å². The van der Waals surface area contributed by atoms with E-state index in [0.717, 1.165) is 18.5 Å². The minimum atomic E-state index is -0.914. The van der Waals surface area contributed by atoms with Crippen molar-refractivity contribution in [2.45, 2.75) is 59.2 Å². The third kappa shape index (κ3) is 3.56. The van der Waals surface area contributed by atoms with Gasteiger partial charge in [0.05, 0.1) is 6.54 Å². The molecular formula is C20H30FN5O. The molecular weight excluding hydrogens is 345 g/mol. The third-order valence-corrected chi connectivity index (χ3v) is 6.86. The molecule has 0 spiro atoms. The van der Waals surface area contributed by atoms with Crippen LogP contribution in [0, 0.1) is 16.7 Å². The van der Waals surface area contributed by atoms with Crippen LogP contribution in [0.25, 0.3) is 5.70 Å². The molecule has 1 amide bonds. The highest BCUT2D eigenvalue weighted by Gasteiger charge is 2.51.